The molecule has 0 saturated carbocycles. The Morgan fingerprint density at radius 1 is 1.11 bits per heavy atom. The number of esters is 2. The molecular weight excluding hydrogens is 393 g/mol. The van der Waals surface area contributed by atoms with E-state index in [0.717, 1.165) is 0 Å². The first-order valence-corrected chi connectivity index (χ1v) is 8.80. The highest BCUT2D eigenvalue weighted by Crippen LogP contribution is 2.33. The molecule has 0 aliphatic carbocycles. The summed E-state index contributed by atoms with van der Waals surface area (Å²) in [5.41, 5.74) is 0.807. The van der Waals surface area contributed by atoms with Crippen LogP contribution in [0.25, 0.3) is 0 Å². The first kappa shape index (κ1) is 19.2. The van der Waals surface area contributed by atoms with Crippen molar-refractivity contribution in [2.75, 3.05) is 18.6 Å². The van der Waals surface area contributed by atoms with E-state index in [0.29, 0.717) is 21.3 Å². The Kier molecular flexibility index (Phi) is 5.68. The molecule has 1 heterocycles. The van der Waals surface area contributed by atoms with E-state index >= 15 is 0 Å². The van der Waals surface area contributed by atoms with Crippen LogP contribution in [0.3, 0.4) is 0 Å². The lowest BCUT2D eigenvalue weighted by Gasteiger charge is -2.18. The third kappa shape index (κ3) is 4.23. The van der Waals surface area contributed by atoms with Gasteiger partial charge in [0.05, 0.1) is 29.3 Å². The lowest BCUT2D eigenvalue weighted by atomic mass is 10.1. The molecule has 1 aliphatic rings. The molecular formula is C19H15Cl2NO5. The van der Waals surface area contributed by atoms with Gasteiger partial charge in [0.15, 0.2) is 0 Å². The Bertz CT molecular complexity index is 897. The molecule has 2 aromatic rings. The number of anilines is 1. The third-order valence-corrected chi connectivity index (χ3v) is 4.71. The van der Waals surface area contributed by atoms with Gasteiger partial charge in [0, 0.05) is 18.0 Å². The lowest BCUT2D eigenvalue weighted by molar-refractivity contribution is -0.139. The molecule has 0 radical (unpaired) electrons. The van der Waals surface area contributed by atoms with Crippen molar-refractivity contribution in [2.45, 2.75) is 6.42 Å². The highest BCUT2D eigenvalue weighted by Gasteiger charge is 2.37. The number of ether oxygens (including phenoxy) is 2. The van der Waals surface area contributed by atoms with Gasteiger partial charge in [-0.25, -0.2) is 4.79 Å². The fraction of sp³-hybridized carbons (Fsp3) is 0.211. The predicted octanol–water partition coefficient (Wildman–Crippen LogP) is 3.74. The number of amides is 1. The molecule has 27 heavy (non-hydrogen) atoms. The van der Waals surface area contributed by atoms with Crippen LogP contribution in [0, 0.1) is 5.92 Å². The SMILES string of the molecule is COC(=O)c1ccc(OC(=O)[C@H]2CC(=O)N(c3cc(Cl)ccc3Cl)C2)cc1. The molecule has 1 fully saturated rings. The van der Waals surface area contributed by atoms with E-state index in [-0.39, 0.29) is 24.6 Å². The van der Waals surface area contributed by atoms with Gasteiger partial charge in [-0.15, -0.1) is 0 Å². The molecule has 0 bridgehead atoms. The molecule has 6 nitrogen and oxygen atoms in total. The average molecular weight is 408 g/mol. The summed E-state index contributed by atoms with van der Waals surface area (Å²) in [4.78, 5) is 37.6. The first-order valence-electron chi connectivity index (χ1n) is 8.04. The molecule has 8 heteroatoms. The maximum Gasteiger partial charge on any atom is 0.337 e. The summed E-state index contributed by atoms with van der Waals surface area (Å²) in [6.07, 6.45) is 0.0158. The van der Waals surface area contributed by atoms with E-state index in [4.69, 9.17) is 27.9 Å². The Morgan fingerprint density at radius 2 is 1.81 bits per heavy atom. The summed E-state index contributed by atoms with van der Waals surface area (Å²) in [6.45, 7) is 0.151. The van der Waals surface area contributed by atoms with Crippen LogP contribution in [0.5, 0.6) is 5.75 Å². The Morgan fingerprint density at radius 3 is 2.48 bits per heavy atom. The lowest BCUT2D eigenvalue weighted by Crippen LogP contribution is -2.27. The van der Waals surface area contributed by atoms with Crippen LogP contribution < -0.4 is 9.64 Å². The van der Waals surface area contributed by atoms with Gasteiger partial charge in [0.1, 0.15) is 5.75 Å². The number of nitrogens with zero attached hydrogens (tertiary/aromatic N) is 1. The van der Waals surface area contributed by atoms with Gasteiger partial charge >= 0.3 is 11.9 Å². The van der Waals surface area contributed by atoms with Gasteiger partial charge in [-0.1, -0.05) is 23.2 Å². The van der Waals surface area contributed by atoms with E-state index < -0.39 is 17.9 Å². The zero-order valence-electron chi connectivity index (χ0n) is 14.3. The van der Waals surface area contributed by atoms with Crippen LogP contribution in [-0.2, 0) is 14.3 Å². The summed E-state index contributed by atoms with van der Waals surface area (Å²) < 4.78 is 9.94. The number of carbonyl (C=O) groups excluding carboxylic acids is 3. The number of halogens is 2. The van der Waals surface area contributed by atoms with Gasteiger partial charge in [-0.2, -0.15) is 0 Å². The number of hydrogen-bond acceptors (Lipinski definition) is 5. The molecule has 2 aromatic carbocycles. The van der Waals surface area contributed by atoms with Crippen LogP contribution in [0.1, 0.15) is 16.8 Å². The van der Waals surface area contributed by atoms with Crippen molar-refractivity contribution in [1.82, 2.24) is 0 Å². The zero-order chi connectivity index (χ0) is 19.6. The molecule has 3 rings (SSSR count). The van der Waals surface area contributed by atoms with Crippen molar-refractivity contribution in [3.05, 3.63) is 58.1 Å². The van der Waals surface area contributed by atoms with Crippen molar-refractivity contribution < 1.29 is 23.9 Å². The van der Waals surface area contributed by atoms with Crippen LogP contribution >= 0.6 is 23.2 Å². The molecule has 0 N–H and O–H groups in total. The second-order valence-electron chi connectivity index (χ2n) is 5.94. The maximum absolute atomic E-state index is 12.4. The minimum Gasteiger partial charge on any atom is -0.465 e. The average Bonchev–Trinajstić information content (AvgIpc) is 3.05. The molecule has 1 aliphatic heterocycles. The van der Waals surface area contributed by atoms with E-state index in [1.54, 1.807) is 18.2 Å². The van der Waals surface area contributed by atoms with Crippen LogP contribution in [0.15, 0.2) is 42.5 Å². The zero-order valence-corrected chi connectivity index (χ0v) is 15.8. The van der Waals surface area contributed by atoms with Gasteiger partial charge in [-0.05, 0) is 42.5 Å². The van der Waals surface area contributed by atoms with Crippen LogP contribution in [0.4, 0.5) is 5.69 Å². The number of carbonyl (C=O) groups is 3. The fourth-order valence-electron chi connectivity index (χ4n) is 2.77. The second-order valence-corrected chi connectivity index (χ2v) is 6.78. The van der Waals surface area contributed by atoms with Crippen LogP contribution in [-0.4, -0.2) is 31.5 Å². The molecule has 0 unspecified atom stereocenters. The van der Waals surface area contributed by atoms with E-state index in [9.17, 15) is 14.4 Å². The van der Waals surface area contributed by atoms with Crippen molar-refractivity contribution in [2.24, 2.45) is 5.92 Å². The van der Waals surface area contributed by atoms with E-state index in [2.05, 4.69) is 4.74 Å². The highest BCUT2D eigenvalue weighted by molar-refractivity contribution is 6.35. The molecule has 1 atom stereocenters. The maximum atomic E-state index is 12.4. The molecule has 1 saturated heterocycles. The Balaban J connectivity index is 1.69. The summed E-state index contributed by atoms with van der Waals surface area (Å²) in [5.74, 6) is -1.60. The van der Waals surface area contributed by atoms with Crippen molar-refractivity contribution in [1.29, 1.82) is 0 Å². The molecule has 1 amide bonds. The summed E-state index contributed by atoms with van der Waals surface area (Å²) >= 11 is 12.1. The standard InChI is InChI=1S/C19H15Cl2NO5/c1-26-18(24)11-2-5-14(6-3-11)27-19(25)12-8-17(23)22(10-12)16-9-13(20)4-7-15(16)21/h2-7,9,12H,8,10H2,1H3/t12-/m0/s1. The molecule has 0 spiro atoms. The monoisotopic (exact) mass is 407 g/mol. The van der Waals surface area contributed by atoms with Crippen molar-refractivity contribution in [3.8, 4) is 5.75 Å². The van der Waals surface area contributed by atoms with Crippen molar-refractivity contribution >= 4 is 46.7 Å². The molecule has 140 valence electrons. The predicted molar refractivity (Wildman–Crippen MR) is 100 cm³/mol. The van der Waals surface area contributed by atoms with Crippen molar-refractivity contribution in [3.63, 3.8) is 0 Å². The summed E-state index contributed by atoms with van der Waals surface area (Å²) in [6, 6.07) is 10.8. The summed E-state index contributed by atoms with van der Waals surface area (Å²) in [5, 5.41) is 0.819. The van der Waals surface area contributed by atoms with Gasteiger partial charge in [0.2, 0.25) is 5.91 Å². The largest absolute Gasteiger partial charge is 0.465 e. The fourth-order valence-corrected chi connectivity index (χ4v) is 3.15. The first-order chi connectivity index (χ1) is 12.9. The quantitative estimate of drug-likeness (QED) is 0.569. The van der Waals surface area contributed by atoms with E-state index in [1.807, 2.05) is 0 Å². The highest BCUT2D eigenvalue weighted by atomic mass is 35.5. The minimum atomic E-state index is -0.632. The second kappa shape index (κ2) is 7.98. The number of hydrogen-bond donors (Lipinski definition) is 0. The smallest absolute Gasteiger partial charge is 0.337 e. The molecule has 0 aromatic heterocycles. The Labute approximate surface area is 165 Å². The van der Waals surface area contributed by atoms with Gasteiger partial charge < -0.3 is 14.4 Å². The van der Waals surface area contributed by atoms with Gasteiger partial charge in [-0.3, -0.25) is 9.59 Å². The van der Waals surface area contributed by atoms with Crippen LogP contribution in [0.2, 0.25) is 10.0 Å². The third-order valence-electron chi connectivity index (χ3n) is 4.15. The Hall–Kier alpha value is -2.57. The number of rotatable bonds is 4. The number of methoxy groups -OCH3 is 1. The van der Waals surface area contributed by atoms with E-state index in [1.165, 1.54) is 36.3 Å². The normalized spacial score (nSPS) is 16.3. The topological polar surface area (TPSA) is 72.9 Å². The number of benzene rings is 2. The summed E-state index contributed by atoms with van der Waals surface area (Å²) in [7, 11) is 1.28. The van der Waals surface area contributed by atoms with Gasteiger partial charge in [0.25, 0.3) is 0 Å². The minimum absolute atomic E-state index is 0.0158.